The van der Waals surface area contributed by atoms with Gasteiger partial charge in [-0.2, -0.15) is 0 Å². The van der Waals surface area contributed by atoms with Crippen molar-refractivity contribution in [2.45, 2.75) is 20.0 Å². The molecule has 0 fully saturated rings. The Morgan fingerprint density at radius 3 is 3.14 bits per heavy atom. The van der Waals surface area contributed by atoms with Crippen LogP contribution in [-0.2, 0) is 11.3 Å². The molecule has 0 saturated heterocycles. The van der Waals surface area contributed by atoms with Crippen molar-refractivity contribution in [2.75, 3.05) is 6.54 Å². The highest BCUT2D eigenvalue weighted by molar-refractivity contribution is 6.61. The number of nitrogens with zero attached hydrogens (tertiary/aromatic N) is 1. The summed E-state index contributed by atoms with van der Waals surface area (Å²) in [7, 11) is -0.882. The summed E-state index contributed by atoms with van der Waals surface area (Å²) in [4.78, 5) is 12.2. The van der Waals surface area contributed by atoms with Crippen LogP contribution in [0.15, 0.2) is 36.5 Å². The minimum atomic E-state index is -0.882. The molecule has 0 atom stereocenters. The van der Waals surface area contributed by atoms with Gasteiger partial charge in [-0.25, -0.2) is 0 Å². The third-order valence-electron chi connectivity index (χ3n) is 3.59. The summed E-state index contributed by atoms with van der Waals surface area (Å²) in [5, 5.41) is 12.7. The highest BCUT2D eigenvalue weighted by atomic mass is 16.5. The fraction of sp³-hybridized carbons (Fsp3) is 0.267. The summed E-state index contributed by atoms with van der Waals surface area (Å²) >= 11 is 0. The van der Waals surface area contributed by atoms with E-state index < -0.39 is 7.12 Å². The van der Waals surface area contributed by atoms with Gasteiger partial charge in [0.15, 0.2) is 0 Å². The van der Waals surface area contributed by atoms with Crippen LogP contribution in [0.25, 0.3) is 5.69 Å². The number of hydrogen-bond acceptors (Lipinski definition) is 3. The summed E-state index contributed by atoms with van der Waals surface area (Å²) in [6.45, 7) is 3.09. The Bertz CT molecular complexity index is 669. The second kappa shape index (κ2) is 5.75. The van der Waals surface area contributed by atoms with E-state index in [0.717, 1.165) is 23.1 Å². The molecule has 6 heteroatoms. The Morgan fingerprint density at radius 1 is 1.48 bits per heavy atom. The molecule has 1 aromatic carbocycles. The van der Waals surface area contributed by atoms with Gasteiger partial charge in [0.25, 0.3) is 5.91 Å². The summed E-state index contributed by atoms with van der Waals surface area (Å²) in [6.07, 6.45) is 2.74. The van der Waals surface area contributed by atoms with Crippen molar-refractivity contribution in [3.8, 4) is 5.69 Å². The average Bonchev–Trinajstić information content (AvgIpc) is 3.12. The average molecular weight is 284 g/mol. The molecular weight excluding hydrogens is 267 g/mol. The SMILES string of the molecule is CCCNC(=O)c1cccn1-c1ccc2c(c1)B(O)OC2. The van der Waals surface area contributed by atoms with Crippen LogP contribution < -0.4 is 10.8 Å². The normalized spacial score (nSPS) is 13.3. The Balaban J connectivity index is 1.93. The Morgan fingerprint density at radius 2 is 2.33 bits per heavy atom. The molecule has 1 aromatic heterocycles. The lowest BCUT2D eigenvalue weighted by molar-refractivity contribution is 0.0947. The molecule has 2 heterocycles. The van der Waals surface area contributed by atoms with E-state index >= 15 is 0 Å². The maximum absolute atomic E-state index is 12.2. The highest BCUT2D eigenvalue weighted by Gasteiger charge is 2.27. The summed E-state index contributed by atoms with van der Waals surface area (Å²) in [5.74, 6) is -0.0980. The van der Waals surface area contributed by atoms with Gasteiger partial charge in [-0.05, 0) is 41.7 Å². The number of nitrogens with one attached hydrogen (secondary N) is 1. The Hall–Kier alpha value is -2.05. The zero-order chi connectivity index (χ0) is 14.8. The van der Waals surface area contributed by atoms with E-state index in [0.29, 0.717) is 18.8 Å². The molecule has 0 radical (unpaired) electrons. The topological polar surface area (TPSA) is 63.5 Å². The molecule has 1 aliphatic rings. The van der Waals surface area contributed by atoms with Crippen LogP contribution in [0, 0.1) is 0 Å². The third-order valence-corrected chi connectivity index (χ3v) is 3.59. The van der Waals surface area contributed by atoms with Gasteiger partial charge in [0.2, 0.25) is 0 Å². The second-order valence-corrected chi connectivity index (χ2v) is 5.07. The van der Waals surface area contributed by atoms with Gasteiger partial charge in [-0.15, -0.1) is 0 Å². The molecule has 21 heavy (non-hydrogen) atoms. The van der Waals surface area contributed by atoms with E-state index in [4.69, 9.17) is 4.65 Å². The quantitative estimate of drug-likeness (QED) is 0.818. The summed E-state index contributed by atoms with van der Waals surface area (Å²) in [5.41, 5.74) is 3.17. The van der Waals surface area contributed by atoms with Crippen molar-refractivity contribution in [3.05, 3.63) is 47.8 Å². The Labute approximate surface area is 123 Å². The standard InChI is InChI=1S/C15H17BN2O3/c1-2-7-17-15(19)14-4-3-8-18(14)12-6-5-11-10-21-16(20)13(11)9-12/h3-6,8-9,20H,2,7,10H2,1H3,(H,17,19). The number of carbonyl (C=O) groups excluding carboxylic acids is 1. The molecule has 5 nitrogen and oxygen atoms in total. The van der Waals surface area contributed by atoms with Crippen LogP contribution in [0.5, 0.6) is 0 Å². The number of aromatic nitrogens is 1. The summed E-state index contributed by atoms with van der Waals surface area (Å²) in [6, 6.07) is 9.33. The molecule has 0 spiro atoms. The number of rotatable bonds is 4. The van der Waals surface area contributed by atoms with Crippen LogP contribution >= 0.6 is 0 Å². The number of benzene rings is 1. The zero-order valence-electron chi connectivity index (χ0n) is 11.9. The number of fused-ring (bicyclic) bond motifs is 1. The lowest BCUT2D eigenvalue weighted by Gasteiger charge is -2.11. The maximum Gasteiger partial charge on any atom is 0.491 e. The maximum atomic E-state index is 12.2. The molecule has 2 aromatic rings. The van der Waals surface area contributed by atoms with Crippen LogP contribution in [0.4, 0.5) is 0 Å². The number of amides is 1. The predicted octanol–water partition coefficient (Wildman–Crippen LogP) is 0.835. The molecule has 0 unspecified atom stereocenters. The van der Waals surface area contributed by atoms with Crippen molar-refractivity contribution in [2.24, 2.45) is 0 Å². The third kappa shape index (κ3) is 2.60. The molecule has 1 amide bonds. The smallest absolute Gasteiger partial charge is 0.423 e. The van der Waals surface area contributed by atoms with Gasteiger partial charge < -0.3 is 19.6 Å². The fourth-order valence-corrected chi connectivity index (χ4v) is 2.47. The minimum Gasteiger partial charge on any atom is -0.423 e. The first-order valence-corrected chi connectivity index (χ1v) is 7.09. The Kier molecular flexibility index (Phi) is 3.81. The van der Waals surface area contributed by atoms with E-state index in [1.807, 2.05) is 42.0 Å². The molecule has 2 N–H and O–H groups in total. The first kappa shape index (κ1) is 13.9. The van der Waals surface area contributed by atoms with Crippen molar-refractivity contribution in [1.29, 1.82) is 0 Å². The number of hydrogen-bond donors (Lipinski definition) is 2. The molecule has 0 bridgehead atoms. The minimum absolute atomic E-state index is 0.0980. The lowest BCUT2D eigenvalue weighted by Crippen LogP contribution is -2.29. The summed E-state index contributed by atoms with van der Waals surface area (Å²) < 4.78 is 7.01. The van der Waals surface area contributed by atoms with Gasteiger partial charge in [-0.1, -0.05) is 13.0 Å². The zero-order valence-corrected chi connectivity index (χ0v) is 11.9. The molecular formula is C15H17BN2O3. The van der Waals surface area contributed by atoms with Crippen LogP contribution in [0.3, 0.4) is 0 Å². The van der Waals surface area contributed by atoms with E-state index in [-0.39, 0.29) is 5.91 Å². The van der Waals surface area contributed by atoms with Gasteiger partial charge >= 0.3 is 7.12 Å². The molecule has 3 rings (SSSR count). The highest BCUT2D eigenvalue weighted by Crippen LogP contribution is 2.16. The van der Waals surface area contributed by atoms with Gasteiger partial charge in [-0.3, -0.25) is 4.79 Å². The lowest BCUT2D eigenvalue weighted by atomic mass is 9.79. The molecule has 0 aliphatic carbocycles. The van der Waals surface area contributed by atoms with Crippen LogP contribution in [0.1, 0.15) is 29.4 Å². The second-order valence-electron chi connectivity index (χ2n) is 5.07. The van der Waals surface area contributed by atoms with E-state index in [2.05, 4.69) is 5.32 Å². The van der Waals surface area contributed by atoms with E-state index in [9.17, 15) is 9.82 Å². The molecule has 108 valence electrons. The van der Waals surface area contributed by atoms with E-state index in [1.54, 1.807) is 6.07 Å². The van der Waals surface area contributed by atoms with Crippen molar-refractivity contribution < 1.29 is 14.5 Å². The number of carbonyl (C=O) groups is 1. The van der Waals surface area contributed by atoms with Crippen LogP contribution in [0.2, 0.25) is 0 Å². The van der Waals surface area contributed by atoms with E-state index in [1.165, 1.54) is 0 Å². The first-order chi connectivity index (χ1) is 10.2. The van der Waals surface area contributed by atoms with Gasteiger partial charge in [0.1, 0.15) is 5.69 Å². The predicted molar refractivity (Wildman–Crippen MR) is 80.8 cm³/mol. The molecule has 0 saturated carbocycles. The molecule has 1 aliphatic heterocycles. The monoisotopic (exact) mass is 284 g/mol. The van der Waals surface area contributed by atoms with Crippen molar-refractivity contribution >= 4 is 18.5 Å². The largest absolute Gasteiger partial charge is 0.491 e. The van der Waals surface area contributed by atoms with Crippen LogP contribution in [-0.4, -0.2) is 29.2 Å². The first-order valence-electron chi connectivity index (χ1n) is 7.09. The fourth-order valence-electron chi connectivity index (χ4n) is 2.47. The van der Waals surface area contributed by atoms with Crippen molar-refractivity contribution in [3.63, 3.8) is 0 Å². The van der Waals surface area contributed by atoms with Crippen molar-refractivity contribution in [1.82, 2.24) is 9.88 Å². The van der Waals surface area contributed by atoms with Gasteiger partial charge in [0.05, 0.1) is 6.61 Å². The van der Waals surface area contributed by atoms with Gasteiger partial charge in [0, 0.05) is 18.4 Å².